The largest absolute Gasteiger partial charge is 0.466 e. The highest BCUT2D eigenvalue weighted by Crippen LogP contribution is 2.28. The van der Waals surface area contributed by atoms with E-state index in [4.69, 9.17) is 14.8 Å². The van der Waals surface area contributed by atoms with Gasteiger partial charge in [0.15, 0.2) is 5.96 Å². The van der Waals surface area contributed by atoms with Gasteiger partial charge in [0.25, 0.3) is 0 Å². The van der Waals surface area contributed by atoms with Gasteiger partial charge in [-0.25, -0.2) is 4.99 Å². The summed E-state index contributed by atoms with van der Waals surface area (Å²) < 4.78 is 7.33. The third kappa shape index (κ3) is 6.09. The van der Waals surface area contributed by atoms with Crippen LogP contribution in [0, 0.1) is 5.92 Å². The predicted molar refractivity (Wildman–Crippen MR) is 121 cm³/mol. The van der Waals surface area contributed by atoms with Gasteiger partial charge in [0.2, 0.25) is 0 Å². The summed E-state index contributed by atoms with van der Waals surface area (Å²) in [6.45, 7) is 7.30. The van der Waals surface area contributed by atoms with Gasteiger partial charge in [-0.05, 0) is 45.6 Å². The van der Waals surface area contributed by atoms with Crippen LogP contribution in [0.5, 0.6) is 0 Å². The maximum absolute atomic E-state index is 12.1. The van der Waals surface area contributed by atoms with Crippen LogP contribution < -0.4 is 5.32 Å². The molecule has 0 aromatic carbocycles. The van der Waals surface area contributed by atoms with Crippen LogP contribution in [-0.2, 0) is 16.1 Å². The molecule has 1 aliphatic heterocycles. The molecule has 7 nitrogen and oxygen atoms in total. The van der Waals surface area contributed by atoms with E-state index in [9.17, 15) is 4.79 Å². The maximum atomic E-state index is 12.1. The predicted octanol–water partition coefficient (Wildman–Crippen LogP) is 3.36. The van der Waals surface area contributed by atoms with E-state index in [1.807, 2.05) is 6.92 Å². The highest BCUT2D eigenvalue weighted by Gasteiger charge is 2.28. The van der Waals surface area contributed by atoms with Gasteiger partial charge in [0.1, 0.15) is 0 Å². The van der Waals surface area contributed by atoms with Crippen LogP contribution in [-0.4, -0.2) is 52.9 Å². The number of guanidine groups is 1. The Labute approximate surface area is 185 Å². The number of esters is 1. The number of aromatic nitrogens is 2. The summed E-state index contributed by atoms with van der Waals surface area (Å²) in [5, 5.41) is 8.09. The zero-order chi connectivity index (χ0) is 19.1. The van der Waals surface area contributed by atoms with Crippen molar-refractivity contribution in [2.45, 2.75) is 65.0 Å². The first-order chi connectivity index (χ1) is 13.2. The molecule has 0 unspecified atom stereocenters. The summed E-state index contributed by atoms with van der Waals surface area (Å²) in [5.74, 6) is 0.708. The molecule has 1 aliphatic carbocycles. The first-order valence-electron chi connectivity index (χ1n) is 10.4. The molecule has 0 amide bonds. The molecule has 158 valence electrons. The number of ether oxygens (including phenoxy) is 1. The lowest BCUT2D eigenvalue weighted by Gasteiger charge is -2.34. The van der Waals surface area contributed by atoms with E-state index in [0.717, 1.165) is 37.6 Å². The molecule has 2 aliphatic rings. The topological polar surface area (TPSA) is 71.8 Å². The second-order valence-corrected chi connectivity index (χ2v) is 7.43. The SMILES string of the molecule is CCNC(=NCc1ccn(C2CCCC2)n1)N1CCC[C@@H](C(=O)OCC)C1.I. The second-order valence-electron chi connectivity index (χ2n) is 7.43. The van der Waals surface area contributed by atoms with Crippen molar-refractivity contribution in [1.82, 2.24) is 20.0 Å². The monoisotopic (exact) mass is 503 g/mol. The van der Waals surface area contributed by atoms with Crippen molar-refractivity contribution in [2.75, 3.05) is 26.2 Å². The van der Waals surface area contributed by atoms with E-state index in [1.54, 1.807) is 0 Å². The number of halogens is 1. The number of carbonyl (C=O) groups excluding carboxylic acids is 1. The Balaban J connectivity index is 0.00000280. The zero-order valence-electron chi connectivity index (χ0n) is 17.1. The summed E-state index contributed by atoms with van der Waals surface area (Å²) in [6, 6.07) is 2.63. The molecule has 2 heterocycles. The standard InChI is InChI=1S/C20H33N5O2.HI/c1-3-21-20(24-12-7-8-16(15-24)19(26)27-4-2)22-14-17-11-13-25(23-17)18-9-5-6-10-18;/h11,13,16,18H,3-10,12,14-15H2,1-2H3,(H,21,22);1H/t16-;/m1./s1. The Kier molecular flexibility index (Phi) is 9.53. The van der Waals surface area contributed by atoms with Crippen molar-refractivity contribution in [3.8, 4) is 0 Å². The van der Waals surface area contributed by atoms with Crippen LogP contribution in [0.4, 0.5) is 0 Å². The van der Waals surface area contributed by atoms with Gasteiger partial charge in [-0.2, -0.15) is 5.10 Å². The summed E-state index contributed by atoms with van der Waals surface area (Å²) >= 11 is 0. The molecule has 3 rings (SSSR count). The first kappa shape index (κ1) is 23.0. The number of nitrogens with one attached hydrogen (secondary N) is 1. The van der Waals surface area contributed by atoms with E-state index in [0.29, 0.717) is 25.7 Å². The lowest BCUT2D eigenvalue weighted by molar-refractivity contribution is -0.149. The normalized spacial score (nSPS) is 20.7. The van der Waals surface area contributed by atoms with E-state index < -0.39 is 0 Å². The van der Waals surface area contributed by atoms with Crippen LogP contribution >= 0.6 is 24.0 Å². The fourth-order valence-corrected chi connectivity index (χ4v) is 4.04. The molecule has 1 aromatic heterocycles. The number of nitrogens with zero attached hydrogens (tertiary/aromatic N) is 4. The Morgan fingerprint density at radius 1 is 1.29 bits per heavy atom. The molecule has 1 N–H and O–H groups in total. The first-order valence-corrected chi connectivity index (χ1v) is 10.4. The number of rotatable bonds is 6. The summed E-state index contributed by atoms with van der Waals surface area (Å²) in [7, 11) is 0. The lowest BCUT2D eigenvalue weighted by atomic mass is 9.98. The molecule has 1 saturated carbocycles. The van der Waals surface area contributed by atoms with Gasteiger partial charge >= 0.3 is 5.97 Å². The summed E-state index contributed by atoms with van der Waals surface area (Å²) in [6.07, 6.45) is 9.03. The van der Waals surface area contributed by atoms with Crippen LogP contribution in [0.2, 0.25) is 0 Å². The van der Waals surface area contributed by atoms with Gasteiger partial charge in [0.05, 0.1) is 30.8 Å². The van der Waals surface area contributed by atoms with Gasteiger partial charge in [-0.1, -0.05) is 12.8 Å². The number of hydrogen-bond donors (Lipinski definition) is 1. The Morgan fingerprint density at radius 2 is 2.07 bits per heavy atom. The van der Waals surface area contributed by atoms with Crippen LogP contribution in [0.15, 0.2) is 17.3 Å². The highest BCUT2D eigenvalue weighted by atomic mass is 127. The Morgan fingerprint density at radius 3 is 2.79 bits per heavy atom. The van der Waals surface area contributed by atoms with E-state index in [1.165, 1.54) is 25.7 Å². The lowest BCUT2D eigenvalue weighted by Crippen LogP contribution is -2.48. The number of likely N-dealkylation sites (tertiary alicyclic amines) is 1. The van der Waals surface area contributed by atoms with Crippen molar-refractivity contribution >= 4 is 35.9 Å². The summed E-state index contributed by atoms with van der Waals surface area (Å²) in [4.78, 5) is 19.1. The van der Waals surface area contributed by atoms with Gasteiger partial charge in [0, 0.05) is 25.8 Å². The van der Waals surface area contributed by atoms with Crippen LogP contribution in [0.3, 0.4) is 0 Å². The minimum Gasteiger partial charge on any atom is -0.466 e. The molecule has 1 atom stereocenters. The molecule has 0 spiro atoms. The fraction of sp³-hybridized carbons (Fsp3) is 0.750. The molecule has 8 heteroatoms. The molecule has 1 saturated heterocycles. The molecular weight excluding hydrogens is 469 g/mol. The minimum atomic E-state index is -0.0895. The zero-order valence-corrected chi connectivity index (χ0v) is 19.4. The van der Waals surface area contributed by atoms with Gasteiger partial charge in [-0.15, -0.1) is 24.0 Å². The van der Waals surface area contributed by atoms with Crippen molar-refractivity contribution in [3.05, 3.63) is 18.0 Å². The number of piperidine rings is 1. The molecule has 0 radical (unpaired) electrons. The minimum absolute atomic E-state index is 0. The molecule has 28 heavy (non-hydrogen) atoms. The van der Waals surface area contributed by atoms with Crippen molar-refractivity contribution in [3.63, 3.8) is 0 Å². The van der Waals surface area contributed by atoms with Crippen molar-refractivity contribution < 1.29 is 9.53 Å². The van der Waals surface area contributed by atoms with Crippen molar-refractivity contribution in [2.24, 2.45) is 10.9 Å². The van der Waals surface area contributed by atoms with Crippen LogP contribution in [0.25, 0.3) is 0 Å². The maximum Gasteiger partial charge on any atom is 0.310 e. The quantitative estimate of drug-likeness (QED) is 0.279. The van der Waals surface area contributed by atoms with Crippen LogP contribution in [0.1, 0.15) is 64.1 Å². The average Bonchev–Trinajstić information content (AvgIpc) is 3.37. The third-order valence-corrected chi connectivity index (χ3v) is 5.43. The van der Waals surface area contributed by atoms with Gasteiger partial charge < -0.3 is 15.0 Å². The Bertz CT molecular complexity index is 642. The third-order valence-electron chi connectivity index (χ3n) is 5.43. The second kappa shape index (κ2) is 11.6. The van der Waals surface area contributed by atoms with E-state index in [-0.39, 0.29) is 35.9 Å². The van der Waals surface area contributed by atoms with E-state index >= 15 is 0 Å². The van der Waals surface area contributed by atoms with Gasteiger partial charge in [-0.3, -0.25) is 9.48 Å². The van der Waals surface area contributed by atoms with Crippen molar-refractivity contribution in [1.29, 1.82) is 0 Å². The fourth-order valence-electron chi connectivity index (χ4n) is 4.04. The molecule has 2 fully saturated rings. The highest BCUT2D eigenvalue weighted by molar-refractivity contribution is 14.0. The molecule has 0 bridgehead atoms. The number of carbonyl (C=O) groups is 1. The number of aliphatic imine (C=N–C) groups is 1. The Hall–Kier alpha value is -1.32. The summed E-state index contributed by atoms with van der Waals surface area (Å²) in [5.41, 5.74) is 0.997. The smallest absolute Gasteiger partial charge is 0.310 e. The van der Waals surface area contributed by atoms with E-state index in [2.05, 4.69) is 34.1 Å². The molecule has 1 aromatic rings. The average molecular weight is 503 g/mol. The molecular formula is C20H34IN5O2. The number of hydrogen-bond acceptors (Lipinski definition) is 4.